The standard InChI is InChI=1S/C28H35FN6O/c1-5-12-34(3)13-6-7-19(2)26-9-8-22(17-31-26)33-28(36)27-24-15-23(21-16-32-35(4)18-21)25(29)14-20(24)10-11-30-27/h8-9,14-19H,5-7,10-13H2,1-4H3,(H,33,36). The Bertz CT molecular complexity index is 1230. The highest BCUT2D eigenvalue weighted by Crippen LogP contribution is 2.29. The molecule has 1 aromatic carbocycles. The van der Waals surface area contributed by atoms with Gasteiger partial charge in [0, 0.05) is 42.2 Å². The molecule has 3 aromatic rings. The number of benzene rings is 1. The van der Waals surface area contributed by atoms with Crippen LogP contribution in [0.4, 0.5) is 10.1 Å². The van der Waals surface area contributed by atoms with Crippen LogP contribution in [0.25, 0.3) is 11.1 Å². The second-order valence-corrected chi connectivity index (χ2v) is 9.64. The number of hydrogen-bond acceptors (Lipinski definition) is 5. The van der Waals surface area contributed by atoms with Crippen LogP contribution < -0.4 is 5.32 Å². The number of aryl methyl sites for hydroxylation is 1. The summed E-state index contributed by atoms with van der Waals surface area (Å²) in [5.74, 6) is -0.296. The van der Waals surface area contributed by atoms with Gasteiger partial charge in [-0.15, -0.1) is 0 Å². The summed E-state index contributed by atoms with van der Waals surface area (Å²) in [5.41, 5.74) is 4.46. The van der Waals surface area contributed by atoms with Gasteiger partial charge in [0.1, 0.15) is 11.5 Å². The van der Waals surface area contributed by atoms with E-state index in [9.17, 15) is 9.18 Å². The summed E-state index contributed by atoms with van der Waals surface area (Å²) in [6, 6.07) is 7.08. The van der Waals surface area contributed by atoms with Crippen LogP contribution in [-0.2, 0) is 18.3 Å². The van der Waals surface area contributed by atoms with Gasteiger partial charge in [-0.25, -0.2) is 4.39 Å². The number of aliphatic imine (C=N–C) groups is 1. The van der Waals surface area contributed by atoms with E-state index < -0.39 is 0 Å². The smallest absolute Gasteiger partial charge is 0.274 e. The van der Waals surface area contributed by atoms with Gasteiger partial charge in [0.15, 0.2) is 0 Å². The first-order valence-corrected chi connectivity index (χ1v) is 12.7. The average molecular weight is 491 g/mol. The number of halogens is 1. The highest BCUT2D eigenvalue weighted by Gasteiger charge is 2.24. The van der Waals surface area contributed by atoms with Crippen molar-refractivity contribution in [3.05, 3.63) is 65.5 Å². The van der Waals surface area contributed by atoms with Crippen molar-refractivity contribution in [2.24, 2.45) is 12.0 Å². The number of nitrogens with one attached hydrogen (secondary N) is 1. The van der Waals surface area contributed by atoms with Crippen LogP contribution in [0.3, 0.4) is 0 Å². The molecule has 0 spiro atoms. The second-order valence-electron chi connectivity index (χ2n) is 9.64. The first kappa shape index (κ1) is 25.7. The highest BCUT2D eigenvalue weighted by atomic mass is 19.1. The fourth-order valence-corrected chi connectivity index (χ4v) is 4.66. The van der Waals surface area contributed by atoms with E-state index in [-0.39, 0.29) is 11.7 Å². The number of pyridine rings is 1. The monoisotopic (exact) mass is 490 g/mol. The number of aromatic nitrogens is 3. The normalized spacial score (nSPS) is 13.9. The zero-order valence-corrected chi connectivity index (χ0v) is 21.6. The lowest BCUT2D eigenvalue weighted by molar-refractivity contribution is -0.110. The van der Waals surface area contributed by atoms with Gasteiger partial charge < -0.3 is 10.2 Å². The molecule has 1 amide bonds. The van der Waals surface area contributed by atoms with Crippen LogP contribution >= 0.6 is 0 Å². The molecule has 3 heterocycles. The predicted octanol–water partition coefficient (Wildman–Crippen LogP) is 4.83. The SMILES string of the molecule is CCCN(C)CCCC(C)c1ccc(NC(=O)C2=NCCc3cc(F)c(-c4cnn(C)c4)cc32)cn1. The number of rotatable bonds is 10. The molecule has 1 aliphatic heterocycles. The Kier molecular flexibility index (Phi) is 8.25. The van der Waals surface area contributed by atoms with Crippen LogP contribution in [-0.4, -0.2) is 58.0 Å². The molecule has 190 valence electrons. The van der Waals surface area contributed by atoms with E-state index in [4.69, 9.17) is 0 Å². The van der Waals surface area contributed by atoms with Crippen LogP contribution in [0.2, 0.25) is 0 Å². The number of nitrogens with zero attached hydrogens (tertiary/aromatic N) is 5. The topological polar surface area (TPSA) is 75.4 Å². The Morgan fingerprint density at radius 2 is 2.06 bits per heavy atom. The number of anilines is 1. The summed E-state index contributed by atoms with van der Waals surface area (Å²) in [7, 11) is 3.95. The molecular weight excluding hydrogens is 455 g/mol. The average Bonchev–Trinajstić information content (AvgIpc) is 3.29. The molecule has 2 aromatic heterocycles. The summed E-state index contributed by atoms with van der Waals surface area (Å²) in [6.45, 7) is 7.04. The van der Waals surface area contributed by atoms with E-state index in [1.165, 1.54) is 12.5 Å². The highest BCUT2D eigenvalue weighted by molar-refractivity contribution is 6.49. The minimum absolute atomic E-state index is 0.315. The second kappa shape index (κ2) is 11.6. The van der Waals surface area contributed by atoms with E-state index >= 15 is 0 Å². The summed E-state index contributed by atoms with van der Waals surface area (Å²) in [5, 5.41) is 7.06. The predicted molar refractivity (Wildman–Crippen MR) is 142 cm³/mol. The number of amides is 1. The summed E-state index contributed by atoms with van der Waals surface area (Å²) in [6.07, 6.45) is 9.02. The molecule has 0 aliphatic carbocycles. The van der Waals surface area contributed by atoms with Gasteiger partial charge in [-0.05, 0) is 81.6 Å². The number of hydrogen-bond donors (Lipinski definition) is 1. The van der Waals surface area contributed by atoms with Gasteiger partial charge in [-0.2, -0.15) is 5.10 Å². The van der Waals surface area contributed by atoms with Gasteiger partial charge in [0.2, 0.25) is 0 Å². The van der Waals surface area contributed by atoms with Crippen molar-refractivity contribution in [1.29, 1.82) is 0 Å². The maximum atomic E-state index is 14.8. The van der Waals surface area contributed by atoms with Crippen molar-refractivity contribution in [3.8, 4) is 11.1 Å². The largest absolute Gasteiger partial charge is 0.319 e. The third kappa shape index (κ3) is 6.05. The molecule has 0 saturated heterocycles. The van der Waals surface area contributed by atoms with E-state index in [0.29, 0.717) is 47.0 Å². The van der Waals surface area contributed by atoms with Gasteiger partial charge in [0.25, 0.3) is 5.91 Å². The van der Waals surface area contributed by atoms with Crippen LogP contribution in [0, 0.1) is 5.82 Å². The molecule has 4 rings (SSSR count). The first-order valence-electron chi connectivity index (χ1n) is 12.7. The molecule has 0 radical (unpaired) electrons. The van der Waals surface area contributed by atoms with E-state index in [0.717, 1.165) is 37.2 Å². The minimum Gasteiger partial charge on any atom is -0.319 e. The first-order chi connectivity index (χ1) is 17.4. The van der Waals surface area contributed by atoms with Gasteiger partial charge in [-0.1, -0.05) is 13.8 Å². The summed E-state index contributed by atoms with van der Waals surface area (Å²) < 4.78 is 16.4. The van der Waals surface area contributed by atoms with Gasteiger partial charge >= 0.3 is 0 Å². The Hall–Kier alpha value is -3.39. The van der Waals surface area contributed by atoms with Gasteiger partial charge in [0.05, 0.1) is 18.1 Å². The number of carbonyl (C=O) groups excluding carboxylic acids is 1. The fraction of sp³-hybridized carbons (Fsp3) is 0.429. The Morgan fingerprint density at radius 3 is 2.75 bits per heavy atom. The van der Waals surface area contributed by atoms with Crippen LogP contribution in [0.1, 0.15) is 55.8 Å². The molecule has 1 unspecified atom stereocenters. The molecule has 7 nitrogen and oxygen atoms in total. The minimum atomic E-state index is -0.325. The molecule has 36 heavy (non-hydrogen) atoms. The zero-order chi connectivity index (χ0) is 25.7. The van der Waals surface area contributed by atoms with E-state index in [1.807, 2.05) is 12.1 Å². The third-order valence-corrected chi connectivity index (χ3v) is 6.66. The Morgan fingerprint density at radius 1 is 1.22 bits per heavy atom. The molecule has 0 saturated carbocycles. The lowest BCUT2D eigenvalue weighted by Gasteiger charge is -2.19. The molecule has 0 fully saturated rings. The van der Waals surface area contributed by atoms with Crippen molar-refractivity contribution < 1.29 is 9.18 Å². The maximum absolute atomic E-state index is 14.8. The van der Waals surface area contributed by atoms with E-state index in [1.54, 1.807) is 36.4 Å². The quantitative estimate of drug-likeness (QED) is 0.442. The molecular formula is C28H35FN6O. The number of fused-ring (bicyclic) bond motifs is 1. The molecule has 1 aliphatic rings. The fourth-order valence-electron chi connectivity index (χ4n) is 4.66. The number of carbonyl (C=O) groups is 1. The van der Waals surface area contributed by atoms with E-state index in [2.05, 4.69) is 46.2 Å². The van der Waals surface area contributed by atoms with Crippen molar-refractivity contribution in [2.75, 3.05) is 32.0 Å². The lowest BCUT2D eigenvalue weighted by atomic mass is 9.93. The van der Waals surface area contributed by atoms with Crippen molar-refractivity contribution >= 4 is 17.3 Å². The van der Waals surface area contributed by atoms with Crippen molar-refractivity contribution in [1.82, 2.24) is 19.7 Å². The maximum Gasteiger partial charge on any atom is 0.274 e. The Labute approximate surface area is 212 Å². The van der Waals surface area contributed by atoms with Crippen molar-refractivity contribution in [2.45, 2.75) is 45.4 Å². The van der Waals surface area contributed by atoms with Crippen LogP contribution in [0.5, 0.6) is 0 Å². The van der Waals surface area contributed by atoms with Crippen LogP contribution in [0.15, 0.2) is 47.8 Å². The molecule has 1 atom stereocenters. The van der Waals surface area contributed by atoms with Crippen molar-refractivity contribution in [3.63, 3.8) is 0 Å². The lowest BCUT2D eigenvalue weighted by Crippen LogP contribution is -2.28. The Balaban J connectivity index is 1.43. The molecule has 8 heteroatoms. The van der Waals surface area contributed by atoms with Gasteiger partial charge in [-0.3, -0.25) is 19.5 Å². The third-order valence-electron chi connectivity index (χ3n) is 6.66. The molecule has 0 bridgehead atoms. The zero-order valence-electron chi connectivity index (χ0n) is 21.6. The molecule has 1 N–H and O–H groups in total. The summed E-state index contributed by atoms with van der Waals surface area (Å²) in [4.78, 5) is 24.6. The summed E-state index contributed by atoms with van der Waals surface area (Å²) >= 11 is 0.